The van der Waals surface area contributed by atoms with E-state index in [4.69, 9.17) is 23.2 Å². The van der Waals surface area contributed by atoms with Gasteiger partial charge >= 0.3 is 0 Å². The number of nitrogens with one attached hydrogen (secondary N) is 2. The number of hydrogen-bond acceptors (Lipinski definition) is 2. The Labute approximate surface area is 150 Å². The van der Waals surface area contributed by atoms with E-state index in [9.17, 15) is 9.59 Å². The first kappa shape index (κ1) is 16.8. The number of anilines is 2. The summed E-state index contributed by atoms with van der Waals surface area (Å²) in [5, 5.41) is 6.48. The van der Waals surface area contributed by atoms with Crippen molar-refractivity contribution in [3.05, 3.63) is 58.1 Å². The van der Waals surface area contributed by atoms with Crippen LogP contribution in [0.3, 0.4) is 0 Å². The lowest BCUT2D eigenvalue weighted by Crippen LogP contribution is -2.20. The van der Waals surface area contributed by atoms with Crippen molar-refractivity contribution >= 4 is 46.4 Å². The Morgan fingerprint density at radius 1 is 0.875 bits per heavy atom. The van der Waals surface area contributed by atoms with E-state index < -0.39 is 0 Å². The lowest BCUT2D eigenvalue weighted by Gasteiger charge is -2.07. The first-order valence-electron chi connectivity index (χ1n) is 7.57. The summed E-state index contributed by atoms with van der Waals surface area (Å²) in [6, 6.07) is 12.4. The second-order valence-corrected chi connectivity index (χ2v) is 6.82. The summed E-state index contributed by atoms with van der Waals surface area (Å²) in [6.07, 6.45) is 0.540. The fourth-order valence-corrected chi connectivity index (χ4v) is 3.03. The van der Waals surface area contributed by atoms with Crippen molar-refractivity contribution in [2.45, 2.75) is 13.3 Å². The molecule has 0 spiro atoms. The van der Waals surface area contributed by atoms with Gasteiger partial charge < -0.3 is 10.6 Å². The van der Waals surface area contributed by atoms with Crippen LogP contribution in [0.15, 0.2) is 42.5 Å². The predicted octanol–water partition coefficient (Wildman–Crippen LogP) is 4.52. The normalized spacial score (nSPS) is 18.8. The molecule has 24 heavy (non-hydrogen) atoms. The number of benzene rings is 2. The van der Waals surface area contributed by atoms with E-state index in [2.05, 4.69) is 10.6 Å². The van der Waals surface area contributed by atoms with Gasteiger partial charge in [0.2, 0.25) is 11.8 Å². The van der Waals surface area contributed by atoms with Crippen LogP contribution in [0.25, 0.3) is 0 Å². The zero-order chi connectivity index (χ0) is 17.3. The summed E-state index contributed by atoms with van der Waals surface area (Å²) in [4.78, 5) is 24.4. The first-order chi connectivity index (χ1) is 11.4. The van der Waals surface area contributed by atoms with Gasteiger partial charge in [-0.05, 0) is 43.7 Å². The number of carbonyl (C=O) groups excluding carboxylic acids is 2. The summed E-state index contributed by atoms with van der Waals surface area (Å²) in [6.45, 7) is 1.98. The van der Waals surface area contributed by atoms with Gasteiger partial charge in [-0.1, -0.05) is 40.9 Å². The molecule has 1 aliphatic carbocycles. The molecule has 0 aliphatic heterocycles. The largest absolute Gasteiger partial charge is 0.326 e. The van der Waals surface area contributed by atoms with Crippen molar-refractivity contribution < 1.29 is 9.59 Å². The van der Waals surface area contributed by atoms with E-state index in [-0.39, 0.29) is 23.7 Å². The molecule has 0 bridgehead atoms. The molecular formula is C18H16Cl2N2O2. The number of aryl methyl sites for hydroxylation is 1. The van der Waals surface area contributed by atoms with E-state index in [0.717, 1.165) is 11.3 Å². The van der Waals surface area contributed by atoms with E-state index >= 15 is 0 Å². The van der Waals surface area contributed by atoms with Crippen molar-refractivity contribution in [3.8, 4) is 0 Å². The SMILES string of the molecule is Cc1ccc(NC(=O)C2CC2C(=O)Nc2cc(Cl)cc(Cl)c2)cc1. The zero-order valence-corrected chi connectivity index (χ0v) is 14.5. The smallest absolute Gasteiger partial charge is 0.228 e. The molecule has 2 aromatic carbocycles. The summed E-state index contributed by atoms with van der Waals surface area (Å²) in [7, 11) is 0. The molecule has 2 N–H and O–H groups in total. The van der Waals surface area contributed by atoms with E-state index in [1.54, 1.807) is 18.2 Å². The summed E-state index contributed by atoms with van der Waals surface area (Å²) >= 11 is 11.8. The minimum absolute atomic E-state index is 0.136. The number of hydrogen-bond donors (Lipinski definition) is 2. The lowest BCUT2D eigenvalue weighted by atomic mass is 10.2. The minimum Gasteiger partial charge on any atom is -0.326 e. The quantitative estimate of drug-likeness (QED) is 0.839. The third-order valence-electron chi connectivity index (χ3n) is 3.91. The van der Waals surface area contributed by atoms with Crippen molar-refractivity contribution in [3.63, 3.8) is 0 Å². The zero-order valence-electron chi connectivity index (χ0n) is 13.0. The lowest BCUT2D eigenvalue weighted by molar-refractivity contribution is -0.122. The van der Waals surface area contributed by atoms with E-state index in [0.29, 0.717) is 22.2 Å². The van der Waals surface area contributed by atoms with Crippen LogP contribution in [0, 0.1) is 18.8 Å². The molecule has 2 unspecified atom stereocenters. The highest BCUT2D eigenvalue weighted by Gasteiger charge is 2.48. The fraction of sp³-hybridized carbons (Fsp3) is 0.222. The van der Waals surface area contributed by atoms with E-state index in [1.807, 2.05) is 31.2 Å². The van der Waals surface area contributed by atoms with Gasteiger partial charge in [-0.3, -0.25) is 9.59 Å². The minimum atomic E-state index is -0.326. The van der Waals surface area contributed by atoms with Crippen LogP contribution in [-0.2, 0) is 9.59 Å². The Kier molecular flexibility index (Phi) is 4.78. The van der Waals surface area contributed by atoms with Gasteiger partial charge in [0, 0.05) is 21.4 Å². The highest BCUT2D eigenvalue weighted by molar-refractivity contribution is 6.35. The molecular weight excluding hydrogens is 347 g/mol. The molecule has 0 aromatic heterocycles. The van der Waals surface area contributed by atoms with Crippen molar-refractivity contribution in [1.29, 1.82) is 0 Å². The van der Waals surface area contributed by atoms with Gasteiger partial charge in [0.05, 0.1) is 11.8 Å². The van der Waals surface area contributed by atoms with Crippen molar-refractivity contribution in [2.75, 3.05) is 10.6 Å². The third kappa shape index (κ3) is 4.08. The molecule has 6 heteroatoms. The Bertz CT molecular complexity index is 770. The van der Waals surface area contributed by atoms with Crippen LogP contribution >= 0.6 is 23.2 Å². The van der Waals surface area contributed by atoms with Gasteiger partial charge in [0.15, 0.2) is 0 Å². The van der Waals surface area contributed by atoms with Crippen LogP contribution in [0.5, 0.6) is 0 Å². The number of amides is 2. The molecule has 0 saturated heterocycles. The van der Waals surface area contributed by atoms with Gasteiger partial charge in [0.1, 0.15) is 0 Å². The fourth-order valence-electron chi connectivity index (χ4n) is 2.51. The molecule has 1 saturated carbocycles. The van der Waals surface area contributed by atoms with Crippen LogP contribution in [0.4, 0.5) is 11.4 Å². The van der Waals surface area contributed by atoms with Gasteiger partial charge in [-0.25, -0.2) is 0 Å². The standard InChI is InChI=1S/C18H16Cl2N2O2/c1-10-2-4-13(5-3-10)21-17(23)15-9-16(15)18(24)22-14-7-11(19)6-12(20)8-14/h2-8,15-16H,9H2,1H3,(H,21,23)(H,22,24). The second kappa shape index (κ2) is 6.83. The van der Waals surface area contributed by atoms with E-state index in [1.165, 1.54) is 0 Å². The van der Waals surface area contributed by atoms with Gasteiger partial charge in [-0.15, -0.1) is 0 Å². The van der Waals surface area contributed by atoms with Crippen molar-refractivity contribution in [2.24, 2.45) is 11.8 Å². The molecule has 1 aliphatic rings. The van der Waals surface area contributed by atoms with Gasteiger partial charge in [0.25, 0.3) is 0 Å². The Morgan fingerprint density at radius 2 is 1.38 bits per heavy atom. The molecule has 3 rings (SSSR count). The highest BCUT2D eigenvalue weighted by atomic mass is 35.5. The second-order valence-electron chi connectivity index (χ2n) is 5.95. The first-order valence-corrected chi connectivity index (χ1v) is 8.32. The molecule has 1 fully saturated rings. The maximum Gasteiger partial charge on any atom is 0.228 e. The average molecular weight is 363 g/mol. The van der Waals surface area contributed by atoms with Crippen LogP contribution in [0.1, 0.15) is 12.0 Å². The predicted molar refractivity (Wildman–Crippen MR) is 96.5 cm³/mol. The topological polar surface area (TPSA) is 58.2 Å². The number of carbonyl (C=O) groups is 2. The molecule has 2 atom stereocenters. The Balaban J connectivity index is 1.56. The van der Waals surface area contributed by atoms with Crippen LogP contribution in [-0.4, -0.2) is 11.8 Å². The molecule has 124 valence electrons. The monoisotopic (exact) mass is 362 g/mol. The molecule has 0 heterocycles. The average Bonchev–Trinajstić information content (AvgIpc) is 3.29. The van der Waals surface area contributed by atoms with Crippen LogP contribution in [0.2, 0.25) is 10.0 Å². The number of rotatable bonds is 4. The molecule has 4 nitrogen and oxygen atoms in total. The third-order valence-corrected chi connectivity index (χ3v) is 4.35. The van der Waals surface area contributed by atoms with Gasteiger partial charge in [-0.2, -0.15) is 0 Å². The molecule has 2 amide bonds. The summed E-state index contributed by atoms with van der Waals surface area (Å²) in [5.41, 5.74) is 2.39. The molecule has 2 aromatic rings. The maximum absolute atomic E-state index is 12.2. The highest BCUT2D eigenvalue weighted by Crippen LogP contribution is 2.40. The Hall–Kier alpha value is -2.04. The maximum atomic E-state index is 12.2. The summed E-state index contributed by atoms with van der Waals surface area (Å²) < 4.78 is 0. The number of halogens is 2. The Morgan fingerprint density at radius 3 is 1.92 bits per heavy atom. The summed E-state index contributed by atoms with van der Waals surface area (Å²) in [5.74, 6) is -0.963. The van der Waals surface area contributed by atoms with Crippen LogP contribution < -0.4 is 10.6 Å². The van der Waals surface area contributed by atoms with Crippen molar-refractivity contribution in [1.82, 2.24) is 0 Å². The molecule has 0 radical (unpaired) electrons.